The summed E-state index contributed by atoms with van der Waals surface area (Å²) in [4.78, 5) is 4.54. The zero-order valence-electron chi connectivity index (χ0n) is 9.98. The summed E-state index contributed by atoms with van der Waals surface area (Å²) in [5, 5.41) is 0.981. The number of pyridine rings is 1. The van der Waals surface area contributed by atoms with Crippen LogP contribution in [0.25, 0.3) is 0 Å². The van der Waals surface area contributed by atoms with Crippen LogP contribution in [0.15, 0.2) is 30.3 Å². The molecule has 3 nitrogen and oxygen atoms in total. The van der Waals surface area contributed by atoms with E-state index >= 15 is 0 Å². The van der Waals surface area contributed by atoms with Crippen molar-refractivity contribution in [3.8, 4) is 11.6 Å². The molecule has 6 heteroatoms. The Balaban J connectivity index is 2.35. The third kappa shape index (κ3) is 3.80. The summed E-state index contributed by atoms with van der Waals surface area (Å²) in [6.07, 6.45) is 0. The molecule has 1 aromatic carbocycles. The van der Waals surface area contributed by atoms with Crippen LogP contribution in [-0.2, 0) is 0 Å². The molecule has 0 saturated heterocycles. The summed E-state index contributed by atoms with van der Waals surface area (Å²) in [7, 11) is 0. The van der Waals surface area contributed by atoms with Crippen LogP contribution < -0.4 is 10.5 Å². The van der Waals surface area contributed by atoms with Crippen LogP contribution in [0.1, 0.15) is 11.3 Å². The third-order valence-corrected chi connectivity index (χ3v) is 2.95. The number of aryl methyl sites for hydroxylation is 1. The largest absolute Gasteiger partial charge is 0.439 e. The van der Waals surface area contributed by atoms with Crippen molar-refractivity contribution in [3.63, 3.8) is 0 Å². The van der Waals surface area contributed by atoms with Gasteiger partial charge in [0.25, 0.3) is 0 Å². The topological polar surface area (TPSA) is 48.1 Å². The van der Waals surface area contributed by atoms with Gasteiger partial charge in [-0.25, -0.2) is 4.98 Å². The van der Waals surface area contributed by atoms with Gasteiger partial charge >= 0.3 is 0 Å². The number of aromatic nitrogens is 1. The van der Waals surface area contributed by atoms with Gasteiger partial charge in [-0.05, 0) is 31.2 Å². The Morgan fingerprint density at radius 2 is 1.79 bits per heavy atom. The van der Waals surface area contributed by atoms with Gasteiger partial charge in [-0.1, -0.05) is 35.4 Å². The number of benzene rings is 1. The Labute approximate surface area is 126 Å². The second-order valence-corrected chi connectivity index (χ2v) is 5.22. The molecule has 1 aromatic heterocycles. The maximum atomic E-state index is 5.90. The first kappa shape index (κ1) is 14.1. The minimum absolute atomic E-state index is 0.291. The number of hydrogen-bond acceptors (Lipinski definition) is 3. The van der Waals surface area contributed by atoms with Gasteiger partial charge in [-0.3, -0.25) is 0 Å². The average molecular weight is 313 g/mol. The van der Waals surface area contributed by atoms with Crippen molar-refractivity contribution in [1.29, 1.82) is 0 Å². The van der Waals surface area contributed by atoms with Gasteiger partial charge in [0.05, 0.1) is 0 Å². The van der Waals surface area contributed by atoms with E-state index in [1.54, 1.807) is 30.3 Å². The van der Waals surface area contributed by atoms with Crippen molar-refractivity contribution in [2.75, 3.05) is 0 Å². The van der Waals surface area contributed by atoms with E-state index in [-0.39, 0.29) is 0 Å². The Morgan fingerprint density at radius 3 is 2.37 bits per heavy atom. The molecule has 2 aromatic rings. The first-order valence-corrected chi connectivity index (χ1v) is 6.53. The summed E-state index contributed by atoms with van der Waals surface area (Å²) in [6.45, 7) is 1.83. The molecule has 0 spiro atoms. The Hall–Kier alpha value is -1.36. The predicted molar refractivity (Wildman–Crippen MR) is 81.4 cm³/mol. The van der Waals surface area contributed by atoms with Gasteiger partial charge in [-0.2, -0.15) is 0 Å². The maximum Gasteiger partial charge on any atom is 0.220 e. The number of hydrogen-bond donors (Lipinski definition) is 1. The van der Waals surface area contributed by atoms with Gasteiger partial charge in [0, 0.05) is 27.4 Å². The molecule has 2 N–H and O–H groups in total. The zero-order chi connectivity index (χ0) is 14.0. The quantitative estimate of drug-likeness (QED) is 0.866. The van der Waals surface area contributed by atoms with Crippen LogP contribution in [-0.4, -0.2) is 9.97 Å². The van der Waals surface area contributed by atoms with E-state index in [2.05, 4.69) is 4.98 Å². The highest BCUT2D eigenvalue weighted by atomic mass is 35.5. The molecule has 0 saturated carbocycles. The normalized spacial score (nSPS) is 10.3. The van der Waals surface area contributed by atoms with E-state index in [1.165, 1.54) is 0 Å². The maximum absolute atomic E-state index is 5.90. The second-order valence-electron chi connectivity index (χ2n) is 3.91. The molecule has 0 unspecified atom stereocenters. The molecule has 0 amide bonds. The molecule has 2 rings (SSSR count). The van der Waals surface area contributed by atoms with E-state index in [1.807, 2.05) is 6.92 Å². The van der Waals surface area contributed by atoms with Crippen molar-refractivity contribution in [3.05, 3.63) is 51.6 Å². The lowest BCUT2D eigenvalue weighted by Gasteiger charge is -2.08. The molecule has 0 bridgehead atoms. The van der Waals surface area contributed by atoms with E-state index in [9.17, 15) is 0 Å². The summed E-state index contributed by atoms with van der Waals surface area (Å²) in [5.74, 6) is 0.894. The van der Waals surface area contributed by atoms with Crippen LogP contribution in [0.4, 0.5) is 0 Å². The van der Waals surface area contributed by atoms with E-state index in [0.29, 0.717) is 32.2 Å². The lowest BCUT2D eigenvalue weighted by molar-refractivity contribution is 0.461. The number of nitrogens with two attached hydrogens (primary N) is 1. The lowest BCUT2D eigenvalue weighted by Crippen LogP contribution is -2.10. The molecule has 0 fully saturated rings. The first-order valence-electron chi connectivity index (χ1n) is 5.36. The second kappa shape index (κ2) is 5.74. The predicted octanol–water partition coefficient (Wildman–Crippen LogP) is 4.12. The highest BCUT2D eigenvalue weighted by Gasteiger charge is 2.06. The molecule has 0 atom stereocenters. The van der Waals surface area contributed by atoms with Gasteiger partial charge in [0.15, 0.2) is 0 Å². The lowest BCUT2D eigenvalue weighted by atomic mass is 10.2. The molecule has 19 heavy (non-hydrogen) atoms. The number of ether oxygens (including phenoxy) is 1. The monoisotopic (exact) mass is 312 g/mol. The molecule has 0 aliphatic rings. The third-order valence-electron chi connectivity index (χ3n) is 2.27. The summed E-state index contributed by atoms with van der Waals surface area (Å²) in [5.41, 5.74) is 7.06. The molecular weight excluding hydrogens is 303 g/mol. The number of rotatable bonds is 3. The first-order chi connectivity index (χ1) is 8.94. The fourth-order valence-corrected chi connectivity index (χ4v) is 2.16. The zero-order valence-corrected chi connectivity index (χ0v) is 12.3. The van der Waals surface area contributed by atoms with Gasteiger partial charge < -0.3 is 10.5 Å². The van der Waals surface area contributed by atoms with Crippen molar-refractivity contribution in [1.82, 2.24) is 4.98 Å². The number of thiocarbonyl (C=S) groups is 1. The SMILES string of the molecule is Cc1cc(C(N)=S)cc(Oc2cc(Cl)cc(Cl)c2)n1. The minimum Gasteiger partial charge on any atom is -0.439 e. The molecule has 0 radical (unpaired) electrons. The highest BCUT2D eigenvalue weighted by molar-refractivity contribution is 7.80. The summed E-state index contributed by atoms with van der Waals surface area (Å²) in [6, 6.07) is 8.39. The molecule has 98 valence electrons. The van der Waals surface area contributed by atoms with E-state index < -0.39 is 0 Å². The standard InChI is InChI=1S/C13H10Cl2N2OS/c1-7-2-8(13(16)19)3-12(17-7)18-11-5-9(14)4-10(15)6-11/h2-6H,1H3,(H2,16,19). The number of nitrogens with zero attached hydrogens (tertiary/aromatic N) is 1. The van der Waals surface area contributed by atoms with Crippen molar-refractivity contribution in [2.45, 2.75) is 6.92 Å². The molecule has 1 heterocycles. The van der Waals surface area contributed by atoms with Crippen LogP contribution in [0, 0.1) is 6.92 Å². The molecule has 0 aliphatic heterocycles. The van der Waals surface area contributed by atoms with Crippen molar-refractivity contribution in [2.24, 2.45) is 5.73 Å². The smallest absolute Gasteiger partial charge is 0.220 e. The molecule has 0 aliphatic carbocycles. The van der Waals surface area contributed by atoms with E-state index in [4.69, 9.17) is 45.9 Å². The van der Waals surface area contributed by atoms with Crippen molar-refractivity contribution >= 4 is 40.4 Å². The van der Waals surface area contributed by atoms with Crippen LogP contribution >= 0.6 is 35.4 Å². The highest BCUT2D eigenvalue weighted by Crippen LogP contribution is 2.28. The van der Waals surface area contributed by atoms with Gasteiger partial charge in [0.2, 0.25) is 5.88 Å². The Bertz CT molecular complexity index is 626. The Kier molecular flexibility index (Phi) is 4.24. The minimum atomic E-state index is 0.291. The van der Waals surface area contributed by atoms with Crippen molar-refractivity contribution < 1.29 is 4.74 Å². The fourth-order valence-electron chi connectivity index (χ4n) is 1.54. The summed E-state index contributed by atoms with van der Waals surface area (Å²) >= 11 is 16.7. The average Bonchev–Trinajstić information content (AvgIpc) is 2.26. The fraction of sp³-hybridized carbons (Fsp3) is 0.0769. The van der Waals surface area contributed by atoms with Gasteiger partial charge in [0.1, 0.15) is 10.7 Å². The summed E-state index contributed by atoms with van der Waals surface area (Å²) < 4.78 is 5.62. The van der Waals surface area contributed by atoms with Crippen LogP contribution in [0.2, 0.25) is 10.0 Å². The Morgan fingerprint density at radius 1 is 1.16 bits per heavy atom. The molecular formula is C13H10Cl2N2OS. The number of halogens is 2. The van der Waals surface area contributed by atoms with Gasteiger partial charge in [-0.15, -0.1) is 0 Å². The van der Waals surface area contributed by atoms with Crippen LogP contribution in [0.5, 0.6) is 11.6 Å². The van der Waals surface area contributed by atoms with Crippen LogP contribution in [0.3, 0.4) is 0 Å². The van der Waals surface area contributed by atoms with E-state index in [0.717, 1.165) is 5.69 Å².